The van der Waals surface area contributed by atoms with Gasteiger partial charge < -0.3 is 10.6 Å². The summed E-state index contributed by atoms with van der Waals surface area (Å²) in [5.41, 5.74) is 8.42. The van der Waals surface area contributed by atoms with Gasteiger partial charge in [-0.25, -0.2) is 4.39 Å². The van der Waals surface area contributed by atoms with Gasteiger partial charge in [-0.3, -0.25) is 4.98 Å². The number of rotatable bonds is 1. The molecule has 4 rings (SSSR count). The average molecular weight is 285 g/mol. The summed E-state index contributed by atoms with van der Waals surface area (Å²) in [6, 6.07) is 7.24. The van der Waals surface area contributed by atoms with Crippen LogP contribution in [-0.2, 0) is 0 Å². The summed E-state index contributed by atoms with van der Waals surface area (Å²) >= 11 is 0. The lowest BCUT2D eigenvalue weighted by atomic mass is 9.60. The largest absolute Gasteiger partial charge is 0.371 e. The van der Waals surface area contributed by atoms with E-state index in [1.165, 1.54) is 31.7 Å². The van der Waals surface area contributed by atoms with Crippen LogP contribution < -0.4 is 10.6 Å². The van der Waals surface area contributed by atoms with E-state index < -0.39 is 0 Å². The van der Waals surface area contributed by atoms with Crippen molar-refractivity contribution < 1.29 is 4.39 Å². The van der Waals surface area contributed by atoms with Crippen molar-refractivity contribution in [3.05, 3.63) is 36.3 Å². The molecule has 2 aromatic rings. The first-order chi connectivity index (χ1) is 10.2. The molecule has 1 aromatic heterocycles. The van der Waals surface area contributed by atoms with Gasteiger partial charge in [0.15, 0.2) is 0 Å². The van der Waals surface area contributed by atoms with Crippen molar-refractivity contribution in [2.45, 2.75) is 31.7 Å². The predicted octanol–water partition coefficient (Wildman–Crippen LogP) is 3.08. The Kier molecular flexibility index (Phi) is 2.89. The van der Waals surface area contributed by atoms with Crippen LogP contribution in [0, 0.1) is 11.2 Å². The van der Waals surface area contributed by atoms with Crippen LogP contribution >= 0.6 is 0 Å². The summed E-state index contributed by atoms with van der Waals surface area (Å²) in [6.07, 6.45) is 6.55. The first kappa shape index (κ1) is 13.0. The van der Waals surface area contributed by atoms with Crippen LogP contribution in [0.25, 0.3) is 10.9 Å². The van der Waals surface area contributed by atoms with Gasteiger partial charge in [0, 0.05) is 36.4 Å². The molecule has 0 atom stereocenters. The van der Waals surface area contributed by atoms with Gasteiger partial charge in [-0.15, -0.1) is 0 Å². The van der Waals surface area contributed by atoms with Crippen molar-refractivity contribution in [2.24, 2.45) is 11.1 Å². The Hall–Kier alpha value is -1.68. The van der Waals surface area contributed by atoms with Gasteiger partial charge in [-0.1, -0.05) is 0 Å². The molecule has 0 unspecified atom stereocenters. The molecular weight excluding hydrogens is 265 g/mol. The Morgan fingerprint density at radius 2 is 1.95 bits per heavy atom. The van der Waals surface area contributed by atoms with Crippen LogP contribution in [0.15, 0.2) is 30.5 Å². The number of halogens is 1. The van der Waals surface area contributed by atoms with Crippen molar-refractivity contribution in [3.63, 3.8) is 0 Å². The predicted molar refractivity (Wildman–Crippen MR) is 82.8 cm³/mol. The third kappa shape index (κ3) is 2.18. The fourth-order valence-electron chi connectivity index (χ4n) is 4.06. The molecule has 0 bridgehead atoms. The zero-order chi connectivity index (χ0) is 14.4. The summed E-state index contributed by atoms with van der Waals surface area (Å²) < 4.78 is 13.6. The molecule has 1 aromatic carbocycles. The van der Waals surface area contributed by atoms with Gasteiger partial charge >= 0.3 is 0 Å². The van der Waals surface area contributed by atoms with Gasteiger partial charge in [0.25, 0.3) is 0 Å². The van der Waals surface area contributed by atoms with Crippen LogP contribution in [0.3, 0.4) is 0 Å². The SMILES string of the molecule is NC1CC2(CCN(c3ccnc4ccc(F)cc34)CC2)C1. The molecule has 1 saturated carbocycles. The molecule has 2 fully saturated rings. The second-order valence-corrected chi connectivity index (χ2v) is 6.65. The third-order valence-corrected chi connectivity index (χ3v) is 5.24. The van der Waals surface area contributed by atoms with E-state index in [4.69, 9.17) is 5.73 Å². The number of nitrogens with two attached hydrogens (primary N) is 1. The Morgan fingerprint density at radius 1 is 1.19 bits per heavy atom. The highest BCUT2D eigenvalue weighted by Crippen LogP contribution is 2.49. The lowest BCUT2D eigenvalue weighted by molar-refractivity contribution is 0.0714. The minimum Gasteiger partial charge on any atom is -0.371 e. The maximum Gasteiger partial charge on any atom is 0.124 e. The number of hydrogen-bond donors (Lipinski definition) is 1. The molecule has 4 heteroatoms. The lowest BCUT2D eigenvalue weighted by Crippen LogP contribution is -2.52. The van der Waals surface area contributed by atoms with E-state index in [9.17, 15) is 4.39 Å². The van der Waals surface area contributed by atoms with Crippen molar-refractivity contribution >= 4 is 16.6 Å². The van der Waals surface area contributed by atoms with Crippen molar-refractivity contribution in [2.75, 3.05) is 18.0 Å². The summed E-state index contributed by atoms with van der Waals surface area (Å²) in [6.45, 7) is 2.06. The van der Waals surface area contributed by atoms with Crippen LogP contribution in [0.1, 0.15) is 25.7 Å². The fourth-order valence-corrected chi connectivity index (χ4v) is 4.06. The first-order valence-electron chi connectivity index (χ1n) is 7.70. The van der Waals surface area contributed by atoms with E-state index >= 15 is 0 Å². The molecule has 1 aliphatic carbocycles. The minimum atomic E-state index is -0.199. The molecule has 2 aliphatic rings. The first-order valence-corrected chi connectivity index (χ1v) is 7.70. The van der Waals surface area contributed by atoms with E-state index in [0.717, 1.165) is 29.7 Å². The Labute approximate surface area is 124 Å². The van der Waals surface area contributed by atoms with Crippen molar-refractivity contribution in [3.8, 4) is 0 Å². The van der Waals surface area contributed by atoms with Gasteiger partial charge in [-0.05, 0) is 55.4 Å². The average Bonchev–Trinajstić information content (AvgIpc) is 2.46. The molecule has 3 nitrogen and oxygen atoms in total. The maximum absolute atomic E-state index is 13.6. The molecule has 110 valence electrons. The molecule has 2 heterocycles. The van der Waals surface area contributed by atoms with E-state index in [-0.39, 0.29) is 5.82 Å². The van der Waals surface area contributed by atoms with E-state index in [1.807, 2.05) is 12.3 Å². The van der Waals surface area contributed by atoms with Gasteiger partial charge in [0.1, 0.15) is 5.82 Å². The molecule has 0 radical (unpaired) electrons. The lowest BCUT2D eigenvalue weighted by Gasteiger charge is -2.51. The number of aromatic nitrogens is 1. The Balaban J connectivity index is 1.61. The van der Waals surface area contributed by atoms with Crippen molar-refractivity contribution in [1.82, 2.24) is 4.98 Å². The summed E-state index contributed by atoms with van der Waals surface area (Å²) in [5, 5.41) is 0.916. The summed E-state index contributed by atoms with van der Waals surface area (Å²) in [5.74, 6) is -0.199. The van der Waals surface area contributed by atoms with E-state index in [0.29, 0.717) is 11.5 Å². The second kappa shape index (κ2) is 4.67. The molecule has 1 spiro atoms. The summed E-state index contributed by atoms with van der Waals surface area (Å²) in [7, 11) is 0. The minimum absolute atomic E-state index is 0.199. The number of anilines is 1. The van der Waals surface area contributed by atoms with Gasteiger partial charge in [-0.2, -0.15) is 0 Å². The number of hydrogen-bond acceptors (Lipinski definition) is 3. The molecule has 2 N–H and O–H groups in total. The standard InChI is InChI=1S/C17H20FN3/c18-12-1-2-15-14(9-12)16(3-6-20-15)21-7-4-17(5-8-21)10-13(19)11-17/h1-3,6,9,13H,4-5,7-8,10-11,19H2. The number of nitrogens with zero attached hydrogens (tertiary/aromatic N) is 2. The molecular formula is C17H20FN3. The smallest absolute Gasteiger partial charge is 0.124 e. The topological polar surface area (TPSA) is 42.1 Å². The molecule has 1 saturated heterocycles. The molecule has 0 amide bonds. The molecule has 1 aliphatic heterocycles. The van der Waals surface area contributed by atoms with E-state index in [1.54, 1.807) is 12.1 Å². The highest BCUT2D eigenvalue weighted by atomic mass is 19.1. The van der Waals surface area contributed by atoms with Gasteiger partial charge in [0.05, 0.1) is 5.52 Å². The zero-order valence-electron chi connectivity index (χ0n) is 12.1. The van der Waals surface area contributed by atoms with Crippen molar-refractivity contribution in [1.29, 1.82) is 0 Å². The van der Waals surface area contributed by atoms with Gasteiger partial charge in [0.2, 0.25) is 0 Å². The van der Waals surface area contributed by atoms with Crippen LogP contribution in [0.2, 0.25) is 0 Å². The zero-order valence-corrected chi connectivity index (χ0v) is 12.1. The number of piperidine rings is 1. The highest BCUT2D eigenvalue weighted by molar-refractivity contribution is 5.91. The number of benzene rings is 1. The second-order valence-electron chi connectivity index (χ2n) is 6.65. The summed E-state index contributed by atoms with van der Waals surface area (Å²) in [4.78, 5) is 6.71. The third-order valence-electron chi connectivity index (χ3n) is 5.24. The number of pyridine rings is 1. The van der Waals surface area contributed by atoms with Crippen LogP contribution in [0.5, 0.6) is 0 Å². The quantitative estimate of drug-likeness (QED) is 0.875. The normalized spacial score (nSPS) is 21.7. The maximum atomic E-state index is 13.6. The number of fused-ring (bicyclic) bond motifs is 1. The highest BCUT2D eigenvalue weighted by Gasteiger charge is 2.44. The van der Waals surface area contributed by atoms with E-state index in [2.05, 4.69) is 9.88 Å². The fraction of sp³-hybridized carbons (Fsp3) is 0.471. The Bertz CT molecular complexity index is 669. The molecule has 21 heavy (non-hydrogen) atoms. The Morgan fingerprint density at radius 3 is 2.67 bits per heavy atom. The van der Waals surface area contributed by atoms with Crippen LogP contribution in [-0.4, -0.2) is 24.1 Å². The van der Waals surface area contributed by atoms with Crippen LogP contribution in [0.4, 0.5) is 10.1 Å². The monoisotopic (exact) mass is 285 g/mol.